The summed E-state index contributed by atoms with van der Waals surface area (Å²) in [5, 5.41) is 3.54. The molecule has 0 aliphatic heterocycles. The molecule has 222 valence electrons. The molecule has 9 rings (SSSR count). The molecule has 1 aliphatic rings. The van der Waals surface area contributed by atoms with E-state index < -0.39 is 0 Å². The van der Waals surface area contributed by atoms with Gasteiger partial charge in [0.15, 0.2) is 17.5 Å². The highest BCUT2D eigenvalue weighted by atomic mass is 16.3. The third-order valence-corrected chi connectivity index (χ3v) is 9.09. The molecule has 4 heteroatoms. The maximum Gasteiger partial charge on any atom is 0.164 e. The van der Waals surface area contributed by atoms with Crippen molar-refractivity contribution in [3.63, 3.8) is 0 Å². The fourth-order valence-corrected chi connectivity index (χ4v) is 6.82. The van der Waals surface area contributed by atoms with E-state index in [1.54, 1.807) is 0 Å². The SMILES string of the molecule is C1=C(c2nc(-c3ccccc3)nc(-c3ccc(-c4ccccc4)cc3)n2)c2c(oc3ccccc23)CC1c1cccc2ccccc12. The van der Waals surface area contributed by atoms with Crippen molar-refractivity contribution in [2.45, 2.75) is 12.3 Å². The Morgan fingerprint density at radius 2 is 1.02 bits per heavy atom. The summed E-state index contributed by atoms with van der Waals surface area (Å²) in [6.07, 6.45) is 3.10. The first-order valence-electron chi connectivity index (χ1n) is 16.0. The van der Waals surface area contributed by atoms with Crippen molar-refractivity contribution in [3.8, 4) is 33.9 Å². The number of nitrogens with zero attached hydrogens (tertiary/aromatic N) is 3. The van der Waals surface area contributed by atoms with Crippen LogP contribution in [-0.2, 0) is 6.42 Å². The molecule has 47 heavy (non-hydrogen) atoms. The molecule has 0 amide bonds. The second-order valence-electron chi connectivity index (χ2n) is 12.0. The third-order valence-electron chi connectivity index (χ3n) is 9.09. The summed E-state index contributed by atoms with van der Waals surface area (Å²) < 4.78 is 6.58. The first-order chi connectivity index (χ1) is 23.3. The smallest absolute Gasteiger partial charge is 0.164 e. The number of para-hydroxylation sites is 1. The van der Waals surface area contributed by atoms with Gasteiger partial charge in [0.1, 0.15) is 11.3 Å². The minimum Gasteiger partial charge on any atom is -0.460 e. The van der Waals surface area contributed by atoms with E-state index in [2.05, 4.69) is 109 Å². The van der Waals surface area contributed by atoms with Gasteiger partial charge in [-0.3, -0.25) is 0 Å². The molecule has 2 heterocycles. The van der Waals surface area contributed by atoms with Crippen molar-refractivity contribution in [1.82, 2.24) is 15.0 Å². The van der Waals surface area contributed by atoms with Gasteiger partial charge in [-0.1, -0.05) is 152 Å². The number of aromatic nitrogens is 3. The van der Waals surface area contributed by atoms with Crippen LogP contribution >= 0.6 is 0 Å². The summed E-state index contributed by atoms with van der Waals surface area (Å²) >= 11 is 0. The normalized spacial score (nSPS) is 14.2. The summed E-state index contributed by atoms with van der Waals surface area (Å²) in [4.78, 5) is 15.4. The van der Waals surface area contributed by atoms with Crippen LogP contribution in [0.1, 0.15) is 28.6 Å². The monoisotopic (exact) mass is 603 g/mol. The first kappa shape index (κ1) is 27.2. The number of hydrogen-bond acceptors (Lipinski definition) is 4. The van der Waals surface area contributed by atoms with E-state index in [-0.39, 0.29) is 5.92 Å². The number of rotatable bonds is 5. The minimum atomic E-state index is 0.0784. The highest BCUT2D eigenvalue weighted by Crippen LogP contribution is 2.44. The van der Waals surface area contributed by atoms with Gasteiger partial charge >= 0.3 is 0 Å². The van der Waals surface area contributed by atoms with Crippen molar-refractivity contribution in [2.24, 2.45) is 0 Å². The Morgan fingerprint density at radius 1 is 0.468 bits per heavy atom. The molecule has 0 radical (unpaired) electrons. The van der Waals surface area contributed by atoms with Crippen LogP contribution in [0.2, 0.25) is 0 Å². The zero-order valence-corrected chi connectivity index (χ0v) is 25.5. The molecular formula is C43H29N3O. The average Bonchev–Trinajstić information content (AvgIpc) is 3.53. The molecule has 0 fully saturated rings. The first-order valence-corrected chi connectivity index (χ1v) is 16.0. The van der Waals surface area contributed by atoms with Crippen LogP contribution in [0, 0.1) is 0 Å². The van der Waals surface area contributed by atoms with E-state index in [0.717, 1.165) is 51.0 Å². The fourth-order valence-electron chi connectivity index (χ4n) is 6.82. The molecule has 1 aliphatic carbocycles. The number of furan rings is 1. The van der Waals surface area contributed by atoms with Crippen molar-refractivity contribution in [2.75, 3.05) is 0 Å². The van der Waals surface area contributed by atoms with Gasteiger partial charge < -0.3 is 4.42 Å². The standard InChI is InChI=1S/C43H29N3O/c1-3-12-28(13-4-1)29-22-24-32(25-23-29)42-44-41(31-15-5-2-6-16-31)45-43(46-42)37-26-33(35-20-11-17-30-14-7-8-18-34(30)35)27-39-40(37)36-19-9-10-21-38(36)47-39/h1-26,33H,27H2. The lowest BCUT2D eigenvalue weighted by atomic mass is 9.82. The van der Waals surface area contributed by atoms with E-state index in [9.17, 15) is 0 Å². The molecule has 4 nitrogen and oxygen atoms in total. The number of benzene rings is 6. The van der Waals surface area contributed by atoms with E-state index in [0.29, 0.717) is 17.5 Å². The molecule has 0 saturated carbocycles. The number of allylic oxidation sites excluding steroid dienone is 1. The van der Waals surface area contributed by atoms with Crippen molar-refractivity contribution in [3.05, 3.63) is 180 Å². The molecule has 0 saturated heterocycles. The highest BCUT2D eigenvalue weighted by Gasteiger charge is 2.30. The maximum absolute atomic E-state index is 6.58. The zero-order chi connectivity index (χ0) is 31.2. The molecule has 1 atom stereocenters. The lowest BCUT2D eigenvalue weighted by molar-refractivity contribution is 0.532. The highest BCUT2D eigenvalue weighted by molar-refractivity contribution is 5.98. The van der Waals surface area contributed by atoms with Gasteiger partial charge in [0.25, 0.3) is 0 Å². The van der Waals surface area contributed by atoms with Gasteiger partial charge in [-0.15, -0.1) is 0 Å². The zero-order valence-electron chi connectivity index (χ0n) is 25.5. The Hall–Kier alpha value is -6.13. The van der Waals surface area contributed by atoms with E-state index in [1.165, 1.54) is 21.9 Å². The van der Waals surface area contributed by atoms with Gasteiger partial charge in [0.2, 0.25) is 0 Å². The number of hydrogen-bond donors (Lipinski definition) is 0. The van der Waals surface area contributed by atoms with Crippen molar-refractivity contribution in [1.29, 1.82) is 0 Å². The summed E-state index contributed by atoms with van der Waals surface area (Å²) in [5.74, 6) is 2.95. The van der Waals surface area contributed by atoms with E-state index in [1.807, 2.05) is 48.5 Å². The van der Waals surface area contributed by atoms with Gasteiger partial charge in [-0.2, -0.15) is 0 Å². The van der Waals surface area contributed by atoms with Gasteiger partial charge in [0.05, 0.1) is 0 Å². The van der Waals surface area contributed by atoms with Crippen LogP contribution in [0.3, 0.4) is 0 Å². The predicted molar refractivity (Wildman–Crippen MR) is 190 cm³/mol. The molecule has 2 aromatic heterocycles. The maximum atomic E-state index is 6.58. The summed E-state index contributed by atoms with van der Waals surface area (Å²) in [5.41, 5.74) is 8.36. The largest absolute Gasteiger partial charge is 0.460 e. The molecule has 0 N–H and O–H groups in total. The Kier molecular flexibility index (Phi) is 6.57. The Labute approximate surface area is 272 Å². The van der Waals surface area contributed by atoms with Crippen LogP contribution in [0.25, 0.3) is 61.2 Å². The second-order valence-corrected chi connectivity index (χ2v) is 12.0. The second kappa shape index (κ2) is 11.3. The topological polar surface area (TPSA) is 51.8 Å². The number of fused-ring (bicyclic) bond motifs is 4. The molecule has 1 unspecified atom stereocenters. The van der Waals surface area contributed by atoms with Gasteiger partial charge in [-0.25, -0.2) is 15.0 Å². The molecule has 6 aromatic carbocycles. The van der Waals surface area contributed by atoms with Crippen LogP contribution in [-0.4, -0.2) is 15.0 Å². The van der Waals surface area contributed by atoms with Crippen molar-refractivity contribution < 1.29 is 4.42 Å². The van der Waals surface area contributed by atoms with Crippen LogP contribution in [0.15, 0.2) is 162 Å². The lowest BCUT2D eigenvalue weighted by Gasteiger charge is -2.22. The van der Waals surface area contributed by atoms with Crippen LogP contribution < -0.4 is 0 Å². The van der Waals surface area contributed by atoms with E-state index in [4.69, 9.17) is 19.4 Å². The minimum absolute atomic E-state index is 0.0784. The van der Waals surface area contributed by atoms with Crippen LogP contribution in [0.4, 0.5) is 0 Å². The third kappa shape index (κ3) is 4.91. The van der Waals surface area contributed by atoms with Crippen LogP contribution in [0.5, 0.6) is 0 Å². The predicted octanol–water partition coefficient (Wildman–Crippen LogP) is 10.5. The molecular weight excluding hydrogens is 574 g/mol. The molecule has 0 spiro atoms. The Bertz CT molecular complexity index is 2420. The van der Waals surface area contributed by atoms with Crippen molar-refractivity contribution >= 4 is 27.3 Å². The summed E-state index contributed by atoms with van der Waals surface area (Å²) in [6.45, 7) is 0. The van der Waals surface area contributed by atoms with Gasteiger partial charge in [0, 0.05) is 40.0 Å². The van der Waals surface area contributed by atoms with E-state index >= 15 is 0 Å². The average molecular weight is 604 g/mol. The summed E-state index contributed by atoms with van der Waals surface area (Å²) in [6, 6.07) is 52.4. The molecule has 0 bridgehead atoms. The molecule has 8 aromatic rings. The summed E-state index contributed by atoms with van der Waals surface area (Å²) in [7, 11) is 0. The lowest BCUT2D eigenvalue weighted by Crippen LogP contribution is -2.11. The Balaban J connectivity index is 1.25. The quantitative estimate of drug-likeness (QED) is 0.196. The van der Waals surface area contributed by atoms with Gasteiger partial charge in [-0.05, 0) is 33.5 Å². The Morgan fingerprint density at radius 3 is 1.79 bits per heavy atom. The fraction of sp³-hybridized carbons (Fsp3) is 0.0465.